The largest absolute Gasteiger partial charge is 0.377 e. The topological polar surface area (TPSA) is 12.5 Å². The van der Waals surface area contributed by atoms with Crippen molar-refractivity contribution >= 4 is 8.41 Å². The van der Waals surface area contributed by atoms with Crippen LogP contribution >= 0.6 is 0 Å². The monoisotopic (exact) mass is 262 g/mol. The van der Waals surface area contributed by atoms with Crippen LogP contribution in [0.25, 0.3) is 0 Å². The Hall–Kier alpha value is -0.0151. The van der Waals surface area contributed by atoms with Gasteiger partial charge in [-0.2, -0.15) is 0 Å². The van der Waals surface area contributed by atoms with Crippen molar-refractivity contribution in [2.24, 2.45) is 11.8 Å². The molecular weight excluding hydrogens is 233 g/mol. The van der Waals surface area contributed by atoms with E-state index in [1.165, 1.54) is 58.0 Å². The molecule has 3 heteroatoms. The zero-order valence-corrected chi connectivity index (χ0v) is 12.7. The summed E-state index contributed by atoms with van der Waals surface area (Å²) in [6.07, 6.45) is 10.1. The zero-order valence-electron chi connectivity index (χ0n) is 12.7. The van der Waals surface area contributed by atoms with Gasteiger partial charge in [-0.1, -0.05) is 26.2 Å². The van der Waals surface area contributed by atoms with Gasteiger partial charge in [0, 0.05) is 33.0 Å². The van der Waals surface area contributed by atoms with Crippen LogP contribution in [-0.4, -0.2) is 44.7 Å². The average molecular weight is 262 g/mol. The summed E-state index contributed by atoms with van der Waals surface area (Å²) in [5, 5.41) is 0. The summed E-state index contributed by atoms with van der Waals surface area (Å²) in [4.78, 5) is 2.74. The number of hydrogen-bond acceptors (Lipinski definition) is 2. The minimum atomic E-state index is 0. The fraction of sp³-hybridized carbons (Fsp3) is 1.00. The third kappa shape index (κ3) is 2.49. The third-order valence-electron chi connectivity index (χ3n) is 6.01. The van der Waals surface area contributed by atoms with Gasteiger partial charge in [-0.25, -0.2) is 0 Å². The zero-order chi connectivity index (χ0) is 12.6. The molecule has 1 aliphatic carbocycles. The highest BCUT2D eigenvalue weighted by atomic mass is 16.5. The molecule has 0 amide bonds. The number of rotatable bonds is 6. The van der Waals surface area contributed by atoms with Gasteiger partial charge < -0.3 is 4.74 Å². The van der Waals surface area contributed by atoms with E-state index in [0.717, 1.165) is 18.4 Å². The molecule has 3 radical (unpaired) electrons. The van der Waals surface area contributed by atoms with Crippen LogP contribution in [-0.2, 0) is 4.74 Å². The van der Waals surface area contributed by atoms with Gasteiger partial charge in [-0.3, -0.25) is 4.90 Å². The number of ether oxygens (including phenoxy) is 1. The molecular formula is C16H29BNO. The first-order valence-corrected chi connectivity index (χ1v) is 8.13. The Kier molecular flexibility index (Phi) is 5.00. The average Bonchev–Trinajstić information content (AvgIpc) is 2.94. The van der Waals surface area contributed by atoms with Gasteiger partial charge in [0.05, 0.1) is 6.10 Å². The van der Waals surface area contributed by atoms with Gasteiger partial charge in [0.1, 0.15) is 0 Å². The maximum absolute atomic E-state index is 6.24. The standard InChI is InChI=1S/C16H29NO.B/c1-3-4-5-6-11-18-15-12-17-10-9-13-7-8-14(15)16(13,17)2;/h13-15H,3-12H2,1-2H3;/t13-,14+,15-,16+;/m0./s1. The van der Waals surface area contributed by atoms with E-state index in [1.807, 2.05) is 0 Å². The normalized spacial score (nSPS) is 40.4. The van der Waals surface area contributed by atoms with Gasteiger partial charge >= 0.3 is 0 Å². The van der Waals surface area contributed by atoms with Crippen LogP contribution in [0.5, 0.6) is 0 Å². The van der Waals surface area contributed by atoms with Gasteiger partial charge in [-0.05, 0) is 45.1 Å². The van der Waals surface area contributed by atoms with Crippen molar-refractivity contribution in [2.75, 3.05) is 19.7 Å². The second-order valence-electron chi connectivity index (χ2n) is 6.81. The smallest absolute Gasteiger partial charge is 0.0747 e. The lowest BCUT2D eigenvalue weighted by Crippen LogP contribution is -2.41. The molecule has 0 unspecified atom stereocenters. The maximum atomic E-state index is 6.24. The Labute approximate surface area is 120 Å². The van der Waals surface area contributed by atoms with Crippen molar-refractivity contribution in [2.45, 2.75) is 70.4 Å². The molecule has 2 heterocycles. The maximum Gasteiger partial charge on any atom is 0.0747 e. The van der Waals surface area contributed by atoms with Crippen molar-refractivity contribution in [3.05, 3.63) is 0 Å². The second kappa shape index (κ2) is 6.18. The molecule has 0 bridgehead atoms. The lowest BCUT2D eigenvalue weighted by molar-refractivity contribution is 0.0262. The van der Waals surface area contributed by atoms with E-state index < -0.39 is 0 Å². The van der Waals surface area contributed by atoms with Crippen molar-refractivity contribution in [3.8, 4) is 0 Å². The van der Waals surface area contributed by atoms with E-state index >= 15 is 0 Å². The van der Waals surface area contributed by atoms with Crippen molar-refractivity contribution in [1.29, 1.82) is 0 Å². The summed E-state index contributed by atoms with van der Waals surface area (Å²) in [6.45, 7) is 8.32. The second-order valence-corrected chi connectivity index (χ2v) is 6.81. The molecule has 2 saturated heterocycles. The molecule has 0 aromatic rings. The molecule has 0 aromatic carbocycles. The molecule has 19 heavy (non-hydrogen) atoms. The highest BCUT2D eigenvalue weighted by Crippen LogP contribution is 2.56. The molecule has 2 aliphatic heterocycles. The quantitative estimate of drug-likeness (QED) is 0.539. The molecule has 3 aliphatic rings. The first kappa shape index (κ1) is 15.4. The predicted octanol–water partition coefficient (Wildman–Crippen LogP) is 3.08. The highest BCUT2D eigenvalue weighted by Gasteiger charge is 2.60. The lowest BCUT2D eigenvalue weighted by Gasteiger charge is -2.32. The number of unbranched alkanes of at least 4 members (excludes halogenated alkanes) is 3. The fourth-order valence-electron chi connectivity index (χ4n) is 4.88. The molecule has 0 spiro atoms. The van der Waals surface area contributed by atoms with Crippen LogP contribution in [0, 0.1) is 11.8 Å². The van der Waals surface area contributed by atoms with Crippen LogP contribution in [0.3, 0.4) is 0 Å². The Bertz CT molecular complexity index is 298. The number of nitrogens with zero attached hydrogens (tertiary/aromatic N) is 1. The molecule has 0 aromatic heterocycles. The van der Waals surface area contributed by atoms with Crippen molar-refractivity contribution in [3.63, 3.8) is 0 Å². The first-order chi connectivity index (χ1) is 8.76. The Morgan fingerprint density at radius 3 is 2.79 bits per heavy atom. The summed E-state index contributed by atoms with van der Waals surface area (Å²) < 4.78 is 6.24. The van der Waals surface area contributed by atoms with Crippen LogP contribution in [0.2, 0.25) is 0 Å². The highest BCUT2D eigenvalue weighted by molar-refractivity contribution is 5.75. The predicted molar refractivity (Wildman–Crippen MR) is 80.4 cm³/mol. The first-order valence-electron chi connectivity index (χ1n) is 8.13. The van der Waals surface area contributed by atoms with Gasteiger partial charge in [0.15, 0.2) is 0 Å². The van der Waals surface area contributed by atoms with E-state index in [4.69, 9.17) is 4.74 Å². The minimum absolute atomic E-state index is 0. The summed E-state index contributed by atoms with van der Waals surface area (Å²) >= 11 is 0. The molecule has 1 saturated carbocycles. The molecule has 0 N–H and O–H groups in total. The van der Waals surface area contributed by atoms with Crippen LogP contribution < -0.4 is 0 Å². The molecule has 107 valence electrons. The van der Waals surface area contributed by atoms with Crippen LogP contribution in [0.4, 0.5) is 0 Å². The fourth-order valence-corrected chi connectivity index (χ4v) is 4.88. The van der Waals surface area contributed by atoms with Crippen LogP contribution in [0.15, 0.2) is 0 Å². The lowest BCUT2D eigenvalue weighted by atomic mass is 9.84. The summed E-state index contributed by atoms with van der Waals surface area (Å²) in [5.41, 5.74) is 0.508. The van der Waals surface area contributed by atoms with Crippen LogP contribution in [0.1, 0.15) is 58.8 Å². The summed E-state index contributed by atoms with van der Waals surface area (Å²) in [7, 11) is 0. The van der Waals surface area contributed by atoms with E-state index in [9.17, 15) is 0 Å². The van der Waals surface area contributed by atoms with E-state index in [-0.39, 0.29) is 8.41 Å². The molecule has 2 nitrogen and oxygen atoms in total. The molecule has 3 fully saturated rings. The number of hydrogen-bond donors (Lipinski definition) is 0. The Balaban J connectivity index is 0.00000133. The SMILES string of the molecule is CCCCCCO[C@H]1CN2CC[C@@H]3CC[C@H]1[C@@]32C.[B]. The third-order valence-corrected chi connectivity index (χ3v) is 6.01. The van der Waals surface area contributed by atoms with Crippen molar-refractivity contribution < 1.29 is 4.74 Å². The van der Waals surface area contributed by atoms with Crippen molar-refractivity contribution in [1.82, 2.24) is 4.90 Å². The van der Waals surface area contributed by atoms with Gasteiger partial charge in [0.25, 0.3) is 0 Å². The van der Waals surface area contributed by atoms with Gasteiger partial charge in [-0.15, -0.1) is 0 Å². The minimum Gasteiger partial charge on any atom is -0.377 e. The van der Waals surface area contributed by atoms with E-state index in [1.54, 1.807) is 0 Å². The Morgan fingerprint density at radius 1 is 1.16 bits per heavy atom. The Morgan fingerprint density at radius 2 is 2.00 bits per heavy atom. The molecule has 4 atom stereocenters. The molecule has 3 rings (SSSR count). The summed E-state index contributed by atoms with van der Waals surface area (Å²) in [5.74, 6) is 1.80. The van der Waals surface area contributed by atoms with Gasteiger partial charge in [0.2, 0.25) is 0 Å². The van der Waals surface area contributed by atoms with E-state index in [0.29, 0.717) is 11.6 Å². The summed E-state index contributed by atoms with van der Waals surface area (Å²) in [6, 6.07) is 0. The van der Waals surface area contributed by atoms with E-state index in [2.05, 4.69) is 18.7 Å².